The van der Waals surface area contributed by atoms with E-state index >= 15 is 0 Å². The van der Waals surface area contributed by atoms with Gasteiger partial charge < -0.3 is 34.1 Å². The number of carbonyl (C=O) groups is 4. The molecule has 0 unspecified atom stereocenters. The van der Waals surface area contributed by atoms with Gasteiger partial charge in [-0.15, -0.1) is 0 Å². The number of aliphatic hydroxyl groups is 2. The smallest absolute Gasteiger partial charge is 0.305 e. The van der Waals surface area contributed by atoms with Gasteiger partial charge in [0.25, 0.3) is 0 Å². The normalized spacial score (nSPS) is 13.7. The van der Waals surface area contributed by atoms with E-state index in [1.54, 1.807) is 0 Å². The molecule has 0 atom stereocenters. The molecule has 0 aromatic carbocycles. The Morgan fingerprint density at radius 3 is 1.00 bits per heavy atom. The van der Waals surface area contributed by atoms with Crippen molar-refractivity contribution in [1.29, 1.82) is 0 Å². The number of esters is 4. The molecule has 0 bridgehead atoms. The Hall–Kier alpha value is -2.24. The van der Waals surface area contributed by atoms with Gasteiger partial charge in [-0.3, -0.25) is 19.2 Å². The van der Waals surface area contributed by atoms with Crippen molar-refractivity contribution in [1.82, 2.24) is 4.90 Å². The van der Waals surface area contributed by atoms with Gasteiger partial charge in [0.2, 0.25) is 0 Å². The summed E-state index contributed by atoms with van der Waals surface area (Å²) >= 11 is 0. The monoisotopic (exact) mass is 896 g/mol. The molecule has 1 aliphatic rings. The molecule has 1 rings (SSSR count). The number of unbranched alkanes of at least 4 members (excludes halogenated alkanes) is 18. The Labute approximate surface area is 385 Å². The maximum atomic E-state index is 12.6. The van der Waals surface area contributed by atoms with Gasteiger partial charge in [0.05, 0.1) is 39.6 Å². The molecule has 0 amide bonds. The van der Waals surface area contributed by atoms with Gasteiger partial charge in [-0.05, 0) is 77.3 Å². The highest BCUT2D eigenvalue weighted by molar-refractivity contribution is 5.70. The molecule has 0 heterocycles. The fourth-order valence-corrected chi connectivity index (χ4v) is 8.53. The third-order valence-corrected chi connectivity index (χ3v) is 13.0. The standard InChI is InChI=1S/C52H97NO10/c1-5-9-13-17-21-31-48(56)60-39-45(40-61-49(57)32-22-18-14-10-6-2)29-25-27-35-53(47-37-52(38-47,43-54)44-55)36-28-26-30-46(41-62-50(58)33-23-19-15-11-7-3)42-63-51(59)34-24-20-16-12-8-4/h45-47,54-55H,5-44H2,1-4H3. The van der Waals surface area contributed by atoms with Crippen LogP contribution >= 0.6 is 0 Å². The largest absolute Gasteiger partial charge is 0.465 e. The summed E-state index contributed by atoms with van der Waals surface area (Å²) in [6.07, 6.45) is 29.7. The van der Waals surface area contributed by atoms with Crippen LogP contribution in [0.4, 0.5) is 0 Å². The third kappa shape index (κ3) is 31.3. The van der Waals surface area contributed by atoms with Crippen LogP contribution < -0.4 is 0 Å². The molecular weight excluding hydrogens is 799 g/mol. The minimum atomic E-state index is -0.432. The van der Waals surface area contributed by atoms with Crippen LogP contribution in [-0.2, 0) is 38.1 Å². The van der Waals surface area contributed by atoms with Crippen LogP contribution in [0.1, 0.15) is 233 Å². The van der Waals surface area contributed by atoms with Crippen LogP contribution in [0, 0.1) is 17.3 Å². The summed E-state index contributed by atoms with van der Waals surface area (Å²) in [5, 5.41) is 20.1. The molecule has 1 saturated carbocycles. The van der Waals surface area contributed by atoms with Crippen LogP contribution in [0.2, 0.25) is 0 Å². The molecule has 370 valence electrons. The van der Waals surface area contributed by atoms with E-state index in [0.29, 0.717) is 25.7 Å². The van der Waals surface area contributed by atoms with Gasteiger partial charge in [0, 0.05) is 49.0 Å². The first-order valence-electron chi connectivity index (χ1n) is 26.2. The molecule has 0 saturated heterocycles. The Kier molecular flexibility index (Phi) is 37.4. The lowest BCUT2D eigenvalue weighted by Crippen LogP contribution is -2.54. The predicted molar refractivity (Wildman–Crippen MR) is 253 cm³/mol. The number of hydrogen-bond donors (Lipinski definition) is 2. The Balaban J connectivity index is 2.81. The van der Waals surface area contributed by atoms with Gasteiger partial charge in [-0.2, -0.15) is 0 Å². The van der Waals surface area contributed by atoms with E-state index < -0.39 is 5.41 Å². The van der Waals surface area contributed by atoms with Crippen molar-refractivity contribution in [3.63, 3.8) is 0 Å². The average Bonchev–Trinajstić information content (AvgIpc) is 3.27. The lowest BCUT2D eigenvalue weighted by Gasteiger charge is -2.50. The van der Waals surface area contributed by atoms with Crippen molar-refractivity contribution in [2.75, 3.05) is 52.7 Å². The zero-order chi connectivity index (χ0) is 46.2. The Bertz CT molecular complexity index is 990. The second-order valence-electron chi connectivity index (χ2n) is 19.0. The van der Waals surface area contributed by atoms with Gasteiger partial charge in [0.1, 0.15) is 0 Å². The van der Waals surface area contributed by atoms with E-state index in [0.717, 1.165) is 167 Å². The number of hydrogen-bond acceptors (Lipinski definition) is 11. The Morgan fingerprint density at radius 2 is 0.730 bits per heavy atom. The van der Waals surface area contributed by atoms with E-state index in [1.807, 2.05) is 0 Å². The van der Waals surface area contributed by atoms with E-state index in [-0.39, 0.29) is 81.4 Å². The molecule has 0 radical (unpaired) electrons. The first kappa shape index (κ1) is 58.8. The van der Waals surface area contributed by atoms with E-state index in [4.69, 9.17) is 18.9 Å². The topological polar surface area (TPSA) is 149 Å². The summed E-state index contributed by atoms with van der Waals surface area (Å²) in [5.41, 5.74) is -0.432. The van der Waals surface area contributed by atoms with Crippen molar-refractivity contribution >= 4 is 23.9 Å². The second kappa shape index (κ2) is 40.1. The number of rotatable bonds is 45. The molecular formula is C52H97NO10. The van der Waals surface area contributed by atoms with Crippen LogP contribution in [0.3, 0.4) is 0 Å². The van der Waals surface area contributed by atoms with Crippen LogP contribution in [0.15, 0.2) is 0 Å². The summed E-state index contributed by atoms with van der Waals surface area (Å²) < 4.78 is 22.9. The van der Waals surface area contributed by atoms with Crippen LogP contribution in [0.5, 0.6) is 0 Å². The molecule has 2 N–H and O–H groups in total. The molecule has 11 nitrogen and oxygen atoms in total. The fraction of sp³-hybridized carbons (Fsp3) is 0.923. The van der Waals surface area contributed by atoms with Crippen molar-refractivity contribution in [3.8, 4) is 0 Å². The SMILES string of the molecule is CCCCCCCC(=O)OCC(CCCCN(CCCCC(COC(=O)CCCCCCC)COC(=O)CCCCCCC)C1CC(CO)(CO)C1)COC(=O)CCCCCCC. The molecule has 1 aliphatic carbocycles. The second-order valence-corrected chi connectivity index (χ2v) is 19.0. The summed E-state index contributed by atoms with van der Waals surface area (Å²) in [6, 6.07) is 0.268. The Morgan fingerprint density at radius 1 is 0.444 bits per heavy atom. The maximum Gasteiger partial charge on any atom is 0.305 e. The molecule has 11 heteroatoms. The highest BCUT2D eigenvalue weighted by Crippen LogP contribution is 2.43. The zero-order valence-corrected chi connectivity index (χ0v) is 41.1. The molecule has 63 heavy (non-hydrogen) atoms. The number of nitrogens with zero attached hydrogens (tertiary/aromatic N) is 1. The molecule has 0 aromatic heterocycles. The summed E-state index contributed by atoms with van der Waals surface area (Å²) in [5.74, 6) is -0.843. The van der Waals surface area contributed by atoms with Gasteiger partial charge in [0.15, 0.2) is 0 Å². The van der Waals surface area contributed by atoms with Crippen LogP contribution in [-0.4, -0.2) is 97.8 Å². The quantitative estimate of drug-likeness (QED) is 0.0342. The van der Waals surface area contributed by atoms with Gasteiger partial charge >= 0.3 is 23.9 Å². The minimum absolute atomic E-state index is 0.0267. The molecule has 0 aliphatic heterocycles. The average molecular weight is 896 g/mol. The van der Waals surface area contributed by atoms with Crippen molar-refractivity contribution in [3.05, 3.63) is 0 Å². The summed E-state index contributed by atoms with van der Waals surface area (Å²) in [6.45, 7) is 11.4. The predicted octanol–water partition coefficient (Wildman–Crippen LogP) is 11.6. The highest BCUT2D eigenvalue weighted by Gasteiger charge is 2.45. The van der Waals surface area contributed by atoms with Crippen molar-refractivity contribution < 1.29 is 48.3 Å². The van der Waals surface area contributed by atoms with Gasteiger partial charge in [-0.25, -0.2) is 0 Å². The highest BCUT2D eigenvalue weighted by atomic mass is 16.6. The zero-order valence-electron chi connectivity index (χ0n) is 41.1. The first-order valence-corrected chi connectivity index (χ1v) is 26.2. The van der Waals surface area contributed by atoms with Crippen molar-refractivity contribution in [2.24, 2.45) is 17.3 Å². The lowest BCUT2D eigenvalue weighted by molar-refractivity contribution is -0.151. The fourth-order valence-electron chi connectivity index (χ4n) is 8.53. The lowest BCUT2D eigenvalue weighted by atomic mass is 9.66. The minimum Gasteiger partial charge on any atom is -0.465 e. The van der Waals surface area contributed by atoms with E-state index in [1.165, 1.54) is 25.7 Å². The third-order valence-electron chi connectivity index (χ3n) is 13.0. The summed E-state index contributed by atoms with van der Waals surface area (Å²) in [4.78, 5) is 52.9. The first-order chi connectivity index (χ1) is 30.6. The van der Waals surface area contributed by atoms with Crippen LogP contribution in [0.25, 0.3) is 0 Å². The van der Waals surface area contributed by atoms with E-state index in [9.17, 15) is 29.4 Å². The number of carbonyl (C=O) groups excluding carboxylic acids is 4. The van der Waals surface area contributed by atoms with Gasteiger partial charge in [-0.1, -0.05) is 143 Å². The number of aliphatic hydroxyl groups excluding tert-OH is 2. The molecule has 0 spiro atoms. The number of ether oxygens (including phenoxy) is 4. The van der Waals surface area contributed by atoms with Crippen molar-refractivity contribution in [2.45, 2.75) is 239 Å². The molecule has 0 aromatic rings. The molecule has 1 fully saturated rings. The van der Waals surface area contributed by atoms with E-state index in [2.05, 4.69) is 32.6 Å². The maximum absolute atomic E-state index is 12.6. The summed E-state index contributed by atoms with van der Waals surface area (Å²) in [7, 11) is 0.